The van der Waals surface area contributed by atoms with Gasteiger partial charge in [0.2, 0.25) is 0 Å². The van der Waals surface area contributed by atoms with E-state index in [1.165, 1.54) is 62.8 Å². The molecule has 162 valence electrons. The first-order chi connectivity index (χ1) is 15.5. The van der Waals surface area contributed by atoms with Crippen LogP contribution < -0.4 is 0 Å². The Balaban J connectivity index is 1.50. The van der Waals surface area contributed by atoms with Gasteiger partial charge in [-0.25, -0.2) is 0 Å². The minimum Gasteiger partial charge on any atom is -0.354 e. The van der Waals surface area contributed by atoms with Gasteiger partial charge in [0.05, 0.1) is 0 Å². The molecule has 5 rings (SSSR count). The molecule has 1 aromatic heterocycles. The molecule has 4 aromatic rings. The van der Waals surface area contributed by atoms with Crippen molar-refractivity contribution < 1.29 is 4.79 Å². The van der Waals surface area contributed by atoms with Gasteiger partial charge in [-0.05, 0) is 71.7 Å². The third-order valence-corrected chi connectivity index (χ3v) is 6.68. The number of aryl methyl sites for hydroxylation is 3. The highest BCUT2D eigenvalue weighted by Crippen LogP contribution is 2.39. The molecule has 0 unspecified atom stereocenters. The Morgan fingerprint density at radius 3 is 2.47 bits per heavy atom. The van der Waals surface area contributed by atoms with Crippen LogP contribution in [0.5, 0.6) is 0 Å². The Labute approximate surface area is 190 Å². The molecule has 0 spiro atoms. The van der Waals surface area contributed by atoms with E-state index in [0.29, 0.717) is 0 Å². The zero-order valence-electron chi connectivity index (χ0n) is 19.2. The lowest BCUT2D eigenvalue weighted by molar-refractivity contribution is 0.0827. The molecule has 1 aliphatic rings. The Morgan fingerprint density at radius 1 is 0.938 bits per heavy atom. The second-order valence-electron chi connectivity index (χ2n) is 9.11. The Kier molecular flexibility index (Phi) is 5.34. The first-order valence-corrected chi connectivity index (χ1v) is 11.6. The van der Waals surface area contributed by atoms with Crippen molar-refractivity contribution >= 4 is 16.8 Å². The summed E-state index contributed by atoms with van der Waals surface area (Å²) in [7, 11) is 3.60. The minimum absolute atomic E-state index is 0.0561. The molecule has 0 radical (unpaired) electrons. The lowest BCUT2D eigenvalue weighted by Crippen LogP contribution is -2.22. The van der Waals surface area contributed by atoms with Crippen LogP contribution in [0.25, 0.3) is 33.3 Å². The number of rotatable bonds is 5. The van der Waals surface area contributed by atoms with E-state index in [2.05, 4.69) is 66.5 Å². The van der Waals surface area contributed by atoms with Gasteiger partial charge >= 0.3 is 0 Å². The van der Waals surface area contributed by atoms with E-state index >= 15 is 0 Å². The molecule has 0 atom stereocenters. The third kappa shape index (κ3) is 3.62. The van der Waals surface area contributed by atoms with Crippen LogP contribution in [-0.2, 0) is 19.3 Å². The number of hydrogen-bond donors (Lipinski definition) is 1. The van der Waals surface area contributed by atoms with Crippen molar-refractivity contribution in [2.45, 2.75) is 39.0 Å². The molecule has 3 heteroatoms. The minimum atomic E-state index is 0.0561. The lowest BCUT2D eigenvalue weighted by atomic mass is 9.87. The lowest BCUT2D eigenvalue weighted by Gasteiger charge is -2.18. The van der Waals surface area contributed by atoms with Gasteiger partial charge in [-0.2, -0.15) is 0 Å². The van der Waals surface area contributed by atoms with E-state index in [9.17, 15) is 4.79 Å². The molecule has 1 amide bonds. The number of fused-ring (bicyclic) bond motifs is 5. The molecule has 1 N–H and O–H groups in total. The summed E-state index contributed by atoms with van der Waals surface area (Å²) in [5.41, 5.74) is 10.9. The van der Waals surface area contributed by atoms with Crippen molar-refractivity contribution in [2.75, 3.05) is 14.1 Å². The van der Waals surface area contributed by atoms with Crippen molar-refractivity contribution in [3.8, 4) is 22.4 Å². The van der Waals surface area contributed by atoms with Crippen LogP contribution in [0, 0.1) is 0 Å². The molecular formula is C29H30N2O. The number of benzene rings is 3. The fourth-order valence-corrected chi connectivity index (χ4v) is 4.86. The highest BCUT2D eigenvalue weighted by molar-refractivity contribution is 5.97. The summed E-state index contributed by atoms with van der Waals surface area (Å²) in [4.78, 5) is 17.7. The van der Waals surface area contributed by atoms with Gasteiger partial charge in [0, 0.05) is 41.8 Å². The zero-order chi connectivity index (χ0) is 22.2. The number of hydrogen-bond acceptors (Lipinski definition) is 1. The van der Waals surface area contributed by atoms with Crippen molar-refractivity contribution in [2.24, 2.45) is 0 Å². The van der Waals surface area contributed by atoms with Crippen molar-refractivity contribution in [1.82, 2.24) is 9.88 Å². The summed E-state index contributed by atoms with van der Waals surface area (Å²) < 4.78 is 0. The maximum absolute atomic E-state index is 12.4. The van der Waals surface area contributed by atoms with Crippen LogP contribution in [0.4, 0.5) is 0 Å². The standard InChI is InChI=1S/C29H30N2O/c1-4-5-6-19-7-9-20(10-8-19)21-11-15-25-26-16-12-22-17-23(29(32)31(2)3)13-14-24(22)28(26)30-27(25)18-21/h7-11,13-15,17-18,30H,4-6,12,16H2,1-3H3. The van der Waals surface area contributed by atoms with E-state index in [4.69, 9.17) is 0 Å². The highest BCUT2D eigenvalue weighted by atomic mass is 16.2. The van der Waals surface area contributed by atoms with E-state index < -0.39 is 0 Å². The molecule has 0 aliphatic heterocycles. The molecule has 32 heavy (non-hydrogen) atoms. The fraction of sp³-hybridized carbons (Fsp3) is 0.276. The summed E-state index contributed by atoms with van der Waals surface area (Å²) in [6, 6.07) is 21.9. The number of unbranched alkanes of at least 4 members (excludes halogenated alkanes) is 1. The molecule has 1 aliphatic carbocycles. The number of aromatic nitrogens is 1. The molecule has 0 fully saturated rings. The van der Waals surface area contributed by atoms with E-state index in [1.54, 1.807) is 19.0 Å². The van der Waals surface area contributed by atoms with Gasteiger partial charge in [-0.3, -0.25) is 4.79 Å². The Bertz CT molecular complexity index is 1290. The normalized spacial score (nSPS) is 12.5. The molecule has 0 saturated heterocycles. The molecule has 0 bridgehead atoms. The van der Waals surface area contributed by atoms with Crippen molar-refractivity contribution in [3.05, 3.63) is 82.9 Å². The Morgan fingerprint density at radius 2 is 1.72 bits per heavy atom. The summed E-state index contributed by atoms with van der Waals surface area (Å²) >= 11 is 0. The SMILES string of the molecule is CCCCc1ccc(-c2ccc3c4c([nH]c3c2)-c2ccc(C(=O)N(C)C)cc2CC4)cc1. The van der Waals surface area contributed by atoms with Gasteiger partial charge < -0.3 is 9.88 Å². The Hall–Kier alpha value is -3.33. The largest absolute Gasteiger partial charge is 0.354 e. The summed E-state index contributed by atoms with van der Waals surface area (Å²) in [5, 5.41) is 1.31. The van der Waals surface area contributed by atoms with E-state index in [1.807, 2.05) is 6.07 Å². The average Bonchev–Trinajstić information content (AvgIpc) is 3.20. The number of nitrogens with zero attached hydrogens (tertiary/aromatic N) is 1. The van der Waals surface area contributed by atoms with E-state index in [0.717, 1.165) is 24.8 Å². The number of nitrogens with one attached hydrogen (secondary N) is 1. The van der Waals surface area contributed by atoms with Gasteiger partial charge in [-0.15, -0.1) is 0 Å². The monoisotopic (exact) mass is 422 g/mol. The van der Waals surface area contributed by atoms with Gasteiger partial charge in [0.1, 0.15) is 0 Å². The quantitative estimate of drug-likeness (QED) is 0.384. The van der Waals surface area contributed by atoms with Crippen LogP contribution in [-0.4, -0.2) is 29.9 Å². The predicted octanol–water partition coefficient (Wildman–Crippen LogP) is 6.64. The zero-order valence-corrected chi connectivity index (χ0v) is 19.2. The first-order valence-electron chi connectivity index (χ1n) is 11.6. The van der Waals surface area contributed by atoms with Gasteiger partial charge in [0.15, 0.2) is 0 Å². The average molecular weight is 423 g/mol. The summed E-state index contributed by atoms with van der Waals surface area (Å²) in [6.07, 6.45) is 5.58. The van der Waals surface area contributed by atoms with Crippen LogP contribution in [0.15, 0.2) is 60.7 Å². The summed E-state index contributed by atoms with van der Waals surface area (Å²) in [5.74, 6) is 0.0561. The third-order valence-electron chi connectivity index (χ3n) is 6.68. The fourth-order valence-electron chi connectivity index (χ4n) is 4.86. The second kappa shape index (κ2) is 8.31. The topological polar surface area (TPSA) is 36.1 Å². The van der Waals surface area contributed by atoms with Crippen LogP contribution in [0.2, 0.25) is 0 Å². The number of amides is 1. The second-order valence-corrected chi connectivity index (χ2v) is 9.11. The number of carbonyl (C=O) groups excluding carboxylic acids is 1. The van der Waals surface area contributed by atoms with Crippen molar-refractivity contribution in [3.63, 3.8) is 0 Å². The highest BCUT2D eigenvalue weighted by Gasteiger charge is 2.22. The van der Waals surface area contributed by atoms with Crippen LogP contribution in [0.1, 0.15) is 46.8 Å². The maximum atomic E-state index is 12.4. The maximum Gasteiger partial charge on any atom is 0.253 e. The molecule has 0 saturated carbocycles. The van der Waals surface area contributed by atoms with Crippen LogP contribution in [0.3, 0.4) is 0 Å². The molecular weight excluding hydrogens is 392 g/mol. The predicted molar refractivity (Wildman–Crippen MR) is 133 cm³/mol. The number of carbonyl (C=O) groups is 1. The first kappa shape index (κ1) is 20.6. The number of aromatic amines is 1. The van der Waals surface area contributed by atoms with Crippen LogP contribution >= 0.6 is 0 Å². The van der Waals surface area contributed by atoms with Crippen molar-refractivity contribution in [1.29, 1.82) is 0 Å². The number of H-pyrrole nitrogens is 1. The van der Waals surface area contributed by atoms with Gasteiger partial charge in [0.25, 0.3) is 5.91 Å². The summed E-state index contributed by atoms with van der Waals surface area (Å²) in [6.45, 7) is 2.24. The molecule has 1 heterocycles. The van der Waals surface area contributed by atoms with Gasteiger partial charge in [-0.1, -0.05) is 55.8 Å². The van der Waals surface area contributed by atoms with E-state index in [-0.39, 0.29) is 5.91 Å². The smallest absolute Gasteiger partial charge is 0.253 e. The molecule has 3 nitrogen and oxygen atoms in total. The molecule has 3 aromatic carbocycles.